The van der Waals surface area contributed by atoms with Crippen molar-refractivity contribution < 1.29 is 23.3 Å². The highest BCUT2D eigenvalue weighted by atomic mass is 19.1. The molecule has 0 spiro atoms. The van der Waals surface area contributed by atoms with Gasteiger partial charge in [-0.1, -0.05) is 12.1 Å². The van der Waals surface area contributed by atoms with Crippen molar-refractivity contribution in [3.05, 3.63) is 35.6 Å². The maximum Gasteiger partial charge on any atom is 0.123 e. The SMILES string of the molecule is COCCOCCOCCOC(CN)c1cccc(F)c1. The second-order valence-corrected chi connectivity index (χ2v) is 4.37. The van der Waals surface area contributed by atoms with E-state index in [1.165, 1.54) is 12.1 Å². The van der Waals surface area contributed by atoms with E-state index >= 15 is 0 Å². The van der Waals surface area contributed by atoms with Crippen molar-refractivity contribution >= 4 is 0 Å². The molecule has 1 atom stereocenters. The highest BCUT2D eigenvalue weighted by Crippen LogP contribution is 2.16. The lowest BCUT2D eigenvalue weighted by molar-refractivity contribution is -0.0148. The summed E-state index contributed by atoms with van der Waals surface area (Å²) in [6, 6.07) is 6.27. The topological polar surface area (TPSA) is 62.9 Å². The van der Waals surface area contributed by atoms with Crippen molar-refractivity contribution in [1.29, 1.82) is 0 Å². The van der Waals surface area contributed by atoms with Crippen LogP contribution in [0.2, 0.25) is 0 Å². The summed E-state index contributed by atoms with van der Waals surface area (Å²) in [4.78, 5) is 0. The van der Waals surface area contributed by atoms with Crippen molar-refractivity contribution in [2.75, 3.05) is 53.3 Å². The van der Waals surface area contributed by atoms with Crippen LogP contribution in [0.25, 0.3) is 0 Å². The maximum atomic E-state index is 13.1. The molecule has 0 saturated heterocycles. The molecule has 0 aliphatic heterocycles. The molecule has 0 amide bonds. The molecule has 1 rings (SSSR count). The van der Waals surface area contributed by atoms with Crippen LogP contribution < -0.4 is 5.73 Å². The summed E-state index contributed by atoms with van der Waals surface area (Å²) in [5.74, 6) is -0.293. The van der Waals surface area contributed by atoms with E-state index < -0.39 is 0 Å². The van der Waals surface area contributed by atoms with E-state index in [1.807, 2.05) is 0 Å². The van der Waals surface area contributed by atoms with Crippen LogP contribution in [0.4, 0.5) is 4.39 Å². The van der Waals surface area contributed by atoms with E-state index in [0.29, 0.717) is 46.2 Å². The predicted molar refractivity (Wildman–Crippen MR) is 77.7 cm³/mol. The van der Waals surface area contributed by atoms with E-state index in [2.05, 4.69) is 0 Å². The lowest BCUT2D eigenvalue weighted by Gasteiger charge is -2.16. The molecule has 0 heterocycles. The lowest BCUT2D eigenvalue weighted by atomic mass is 10.1. The normalized spacial score (nSPS) is 12.5. The quantitative estimate of drug-likeness (QED) is 0.593. The zero-order valence-electron chi connectivity index (χ0n) is 12.4. The van der Waals surface area contributed by atoms with Crippen LogP contribution in [0.5, 0.6) is 0 Å². The molecular weight excluding hydrogens is 277 g/mol. The monoisotopic (exact) mass is 301 g/mol. The number of rotatable bonds is 12. The highest BCUT2D eigenvalue weighted by molar-refractivity contribution is 5.19. The Bertz CT molecular complexity index is 378. The summed E-state index contributed by atoms with van der Waals surface area (Å²) >= 11 is 0. The third-order valence-corrected chi connectivity index (χ3v) is 2.79. The second-order valence-electron chi connectivity index (χ2n) is 4.37. The van der Waals surface area contributed by atoms with Gasteiger partial charge in [-0.05, 0) is 17.7 Å². The molecule has 21 heavy (non-hydrogen) atoms. The number of ether oxygens (including phenoxy) is 4. The Labute approximate surface area is 125 Å². The summed E-state index contributed by atoms with van der Waals surface area (Å²) in [6.07, 6.45) is -0.317. The number of hydrogen-bond acceptors (Lipinski definition) is 5. The van der Waals surface area contributed by atoms with Crippen LogP contribution >= 0.6 is 0 Å². The lowest BCUT2D eigenvalue weighted by Crippen LogP contribution is -2.19. The van der Waals surface area contributed by atoms with Crippen LogP contribution in [0.1, 0.15) is 11.7 Å². The van der Waals surface area contributed by atoms with Crippen LogP contribution in [-0.2, 0) is 18.9 Å². The summed E-state index contributed by atoms with van der Waals surface area (Å²) in [5.41, 5.74) is 6.38. The molecule has 2 N–H and O–H groups in total. The van der Waals surface area contributed by atoms with Gasteiger partial charge in [0.2, 0.25) is 0 Å². The minimum Gasteiger partial charge on any atom is -0.382 e. The smallest absolute Gasteiger partial charge is 0.123 e. The van der Waals surface area contributed by atoms with Crippen molar-refractivity contribution in [3.63, 3.8) is 0 Å². The molecule has 1 unspecified atom stereocenters. The number of hydrogen-bond donors (Lipinski definition) is 1. The largest absolute Gasteiger partial charge is 0.382 e. The maximum absolute atomic E-state index is 13.1. The minimum atomic E-state index is -0.317. The van der Waals surface area contributed by atoms with Gasteiger partial charge in [-0.3, -0.25) is 0 Å². The number of methoxy groups -OCH3 is 1. The van der Waals surface area contributed by atoms with Crippen LogP contribution in [0.15, 0.2) is 24.3 Å². The average Bonchev–Trinajstić information content (AvgIpc) is 2.49. The highest BCUT2D eigenvalue weighted by Gasteiger charge is 2.10. The van der Waals surface area contributed by atoms with Crippen molar-refractivity contribution in [2.24, 2.45) is 5.73 Å². The van der Waals surface area contributed by atoms with Gasteiger partial charge in [0.05, 0.1) is 45.7 Å². The van der Waals surface area contributed by atoms with Gasteiger partial charge < -0.3 is 24.7 Å². The van der Waals surface area contributed by atoms with E-state index in [9.17, 15) is 4.39 Å². The molecule has 0 aliphatic carbocycles. The zero-order chi connectivity index (χ0) is 15.3. The Hall–Kier alpha value is -1.05. The predicted octanol–water partition coefficient (Wildman–Crippen LogP) is 1.52. The van der Waals surface area contributed by atoms with Gasteiger partial charge in [0.1, 0.15) is 5.82 Å². The first-order chi connectivity index (χ1) is 10.3. The fourth-order valence-electron chi connectivity index (χ4n) is 1.72. The molecule has 0 bridgehead atoms. The fraction of sp³-hybridized carbons (Fsp3) is 0.600. The molecule has 0 aliphatic rings. The van der Waals surface area contributed by atoms with Crippen LogP contribution in [0, 0.1) is 5.82 Å². The fourth-order valence-corrected chi connectivity index (χ4v) is 1.72. The molecule has 0 radical (unpaired) electrons. The van der Waals surface area contributed by atoms with Crippen molar-refractivity contribution in [1.82, 2.24) is 0 Å². The number of nitrogens with two attached hydrogens (primary N) is 1. The Morgan fingerprint density at radius 3 is 2.33 bits per heavy atom. The van der Waals surface area contributed by atoms with E-state index in [1.54, 1.807) is 19.2 Å². The van der Waals surface area contributed by atoms with E-state index in [-0.39, 0.29) is 11.9 Å². The third kappa shape index (κ3) is 8.08. The van der Waals surface area contributed by atoms with Crippen molar-refractivity contribution in [2.45, 2.75) is 6.10 Å². The minimum absolute atomic E-state index is 0.293. The zero-order valence-corrected chi connectivity index (χ0v) is 12.4. The molecule has 0 aromatic heterocycles. The average molecular weight is 301 g/mol. The summed E-state index contributed by atoms with van der Waals surface area (Å²) in [7, 11) is 1.63. The molecule has 0 saturated carbocycles. The summed E-state index contributed by atoms with van der Waals surface area (Å²) in [6.45, 7) is 3.30. The number of benzene rings is 1. The van der Waals surface area contributed by atoms with Gasteiger partial charge >= 0.3 is 0 Å². The first-order valence-corrected chi connectivity index (χ1v) is 6.99. The van der Waals surface area contributed by atoms with Gasteiger partial charge in [0, 0.05) is 13.7 Å². The Balaban J connectivity index is 2.10. The standard InChI is InChI=1S/C15H24FNO4/c1-18-5-6-19-7-8-20-9-10-21-15(12-17)13-3-2-4-14(16)11-13/h2-4,11,15H,5-10,12,17H2,1H3. The summed E-state index contributed by atoms with van der Waals surface area (Å²) < 4.78 is 34.2. The Morgan fingerprint density at radius 1 is 1.05 bits per heavy atom. The van der Waals surface area contributed by atoms with Gasteiger partial charge in [0.25, 0.3) is 0 Å². The van der Waals surface area contributed by atoms with Crippen LogP contribution in [0.3, 0.4) is 0 Å². The Kier molecular flexibility index (Phi) is 9.94. The molecule has 1 aromatic rings. The second kappa shape index (κ2) is 11.6. The van der Waals surface area contributed by atoms with Gasteiger partial charge in [-0.25, -0.2) is 4.39 Å². The van der Waals surface area contributed by atoms with Gasteiger partial charge in [-0.15, -0.1) is 0 Å². The van der Waals surface area contributed by atoms with Gasteiger partial charge in [0.15, 0.2) is 0 Å². The number of halogens is 1. The molecule has 1 aromatic carbocycles. The molecule has 5 nitrogen and oxygen atoms in total. The van der Waals surface area contributed by atoms with E-state index in [4.69, 9.17) is 24.7 Å². The summed E-state index contributed by atoms with van der Waals surface area (Å²) in [5, 5.41) is 0. The third-order valence-electron chi connectivity index (χ3n) is 2.79. The molecular formula is C15H24FNO4. The first kappa shape index (κ1) is 18.0. The molecule has 6 heteroatoms. The van der Waals surface area contributed by atoms with E-state index in [0.717, 1.165) is 5.56 Å². The first-order valence-electron chi connectivity index (χ1n) is 6.99. The molecule has 0 fully saturated rings. The van der Waals surface area contributed by atoms with Gasteiger partial charge in [-0.2, -0.15) is 0 Å². The Morgan fingerprint density at radius 2 is 1.71 bits per heavy atom. The van der Waals surface area contributed by atoms with Crippen LogP contribution in [-0.4, -0.2) is 53.3 Å². The van der Waals surface area contributed by atoms with Crippen molar-refractivity contribution in [3.8, 4) is 0 Å². The molecule has 120 valence electrons.